The Bertz CT molecular complexity index is 925. The molecule has 1 atom stereocenters. The first-order valence-electron chi connectivity index (χ1n) is 10.3. The first-order valence-corrected chi connectivity index (χ1v) is 12.5. The minimum atomic E-state index is -0.705. The van der Waals surface area contributed by atoms with E-state index in [0.717, 1.165) is 12.8 Å². The molecule has 9 heteroatoms. The monoisotopic (exact) mass is 518 g/mol. The summed E-state index contributed by atoms with van der Waals surface area (Å²) in [5.41, 5.74) is 1.03. The zero-order valence-corrected chi connectivity index (χ0v) is 21.1. The lowest BCUT2D eigenvalue weighted by atomic mass is 10.1. The molecule has 0 heterocycles. The number of nitrogens with one attached hydrogen (secondary N) is 1. The molecule has 2 aromatic carbocycles. The smallest absolute Gasteiger partial charge is 0.242 e. The van der Waals surface area contributed by atoms with Gasteiger partial charge in [-0.1, -0.05) is 60.3 Å². The Morgan fingerprint density at radius 3 is 2.56 bits per heavy atom. The van der Waals surface area contributed by atoms with Crippen molar-refractivity contribution < 1.29 is 14.0 Å². The Hall–Kier alpha value is -1.47. The van der Waals surface area contributed by atoms with Crippen LogP contribution in [-0.2, 0) is 21.9 Å². The van der Waals surface area contributed by atoms with E-state index in [9.17, 15) is 14.0 Å². The second-order valence-electron chi connectivity index (χ2n) is 7.27. The van der Waals surface area contributed by atoms with Crippen molar-refractivity contribution in [2.75, 3.05) is 12.3 Å². The van der Waals surface area contributed by atoms with Crippen molar-refractivity contribution >= 4 is 58.4 Å². The number of rotatable bonds is 11. The highest BCUT2D eigenvalue weighted by molar-refractivity contribution is 7.99. The summed E-state index contributed by atoms with van der Waals surface area (Å²) in [7, 11) is 0. The van der Waals surface area contributed by atoms with Gasteiger partial charge in [0, 0.05) is 39.5 Å². The molecule has 4 nitrogen and oxygen atoms in total. The van der Waals surface area contributed by atoms with E-state index >= 15 is 0 Å². The van der Waals surface area contributed by atoms with Crippen LogP contribution in [0.4, 0.5) is 4.39 Å². The summed E-state index contributed by atoms with van der Waals surface area (Å²) >= 11 is 19.6. The topological polar surface area (TPSA) is 49.4 Å². The van der Waals surface area contributed by atoms with Gasteiger partial charge in [0.2, 0.25) is 11.8 Å². The molecule has 0 aliphatic carbocycles. The molecule has 0 aliphatic heterocycles. The van der Waals surface area contributed by atoms with Gasteiger partial charge in [-0.05, 0) is 43.2 Å². The second-order valence-corrected chi connectivity index (χ2v) is 9.51. The molecule has 2 rings (SSSR count). The molecule has 0 spiro atoms. The number of halogens is 4. The van der Waals surface area contributed by atoms with Crippen LogP contribution in [0.25, 0.3) is 0 Å². The van der Waals surface area contributed by atoms with Crippen LogP contribution in [0.15, 0.2) is 36.4 Å². The van der Waals surface area contributed by atoms with Crippen molar-refractivity contribution in [1.82, 2.24) is 10.2 Å². The number of carbonyl (C=O) groups excluding carboxylic acids is 2. The van der Waals surface area contributed by atoms with Crippen molar-refractivity contribution in [3.8, 4) is 0 Å². The summed E-state index contributed by atoms with van der Waals surface area (Å²) < 4.78 is 14.0. The van der Waals surface area contributed by atoms with E-state index in [-0.39, 0.29) is 29.9 Å². The number of hydrogen-bond donors (Lipinski definition) is 1. The number of thioether (sulfide) groups is 1. The molecular weight excluding hydrogens is 494 g/mol. The Balaban J connectivity index is 2.12. The lowest BCUT2D eigenvalue weighted by molar-refractivity contribution is -0.138. The van der Waals surface area contributed by atoms with Crippen molar-refractivity contribution in [1.29, 1.82) is 0 Å². The first kappa shape index (κ1) is 26.8. The number of amides is 2. The minimum absolute atomic E-state index is 0.0580. The fraction of sp³-hybridized carbons (Fsp3) is 0.391. The van der Waals surface area contributed by atoms with Crippen LogP contribution in [0.3, 0.4) is 0 Å². The van der Waals surface area contributed by atoms with Crippen LogP contribution >= 0.6 is 46.6 Å². The van der Waals surface area contributed by atoms with Crippen LogP contribution in [0.5, 0.6) is 0 Å². The van der Waals surface area contributed by atoms with Crippen molar-refractivity contribution in [3.63, 3.8) is 0 Å². The van der Waals surface area contributed by atoms with Crippen LogP contribution in [0, 0.1) is 5.82 Å². The molecule has 0 bridgehead atoms. The first-order chi connectivity index (χ1) is 15.2. The maximum absolute atomic E-state index is 14.0. The average molecular weight is 520 g/mol. The van der Waals surface area contributed by atoms with Crippen molar-refractivity contribution in [2.45, 2.75) is 45.0 Å². The van der Waals surface area contributed by atoms with Crippen molar-refractivity contribution in [3.05, 3.63) is 68.4 Å². The number of benzene rings is 2. The summed E-state index contributed by atoms with van der Waals surface area (Å²) in [5.74, 6) is -0.608. The Labute approximate surface area is 207 Å². The predicted molar refractivity (Wildman–Crippen MR) is 132 cm³/mol. The molecule has 0 aromatic heterocycles. The minimum Gasteiger partial charge on any atom is -0.354 e. The van der Waals surface area contributed by atoms with E-state index in [1.54, 1.807) is 31.2 Å². The molecule has 1 N–H and O–H groups in total. The summed E-state index contributed by atoms with van der Waals surface area (Å²) in [4.78, 5) is 27.2. The van der Waals surface area contributed by atoms with Gasteiger partial charge in [0.15, 0.2) is 0 Å². The number of nitrogens with zero attached hydrogens (tertiary/aromatic N) is 1. The molecule has 0 saturated carbocycles. The maximum Gasteiger partial charge on any atom is 0.242 e. The third-order valence-electron chi connectivity index (χ3n) is 4.89. The number of unbranched alkanes of at least 4 members (excludes halogenated alkanes) is 1. The van der Waals surface area contributed by atoms with E-state index in [4.69, 9.17) is 34.8 Å². The largest absolute Gasteiger partial charge is 0.354 e. The van der Waals surface area contributed by atoms with Gasteiger partial charge in [-0.2, -0.15) is 0 Å². The lowest BCUT2D eigenvalue weighted by Crippen LogP contribution is -2.48. The van der Waals surface area contributed by atoms with Gasteiger partial charge in [0.05, 0.1) is 5.75 Å². The Morgan fingerprint density at radius 1 is 1.16 bits per heavy atom. The summed E-state index contributed by atoms with van der Waals surface area (Å²) in [6, 6.07) is 8.80. The molecule has 174 valence electrons. The van der Waals surface area contributed by atoms with Gasteiger partial charge in [-0.15, -0.1) is 11.8 Å². The maximum atomic E-state index is 14.0. The number of hydrogen-bond acceptors (Lipinski definition) is 3. The van der Waals surface area contributed by atoms with E-state index in [1.165, 1.54) is 28.8 Å². The third-order valence-corrected chi connectivity index (χ3v) is 6.77. The van der Waals surface area contributed by atoms with Crippen LogP contribution < -0.4 is 5.32 Å². The fourth-order valence-electron chi connectivity index (χ4n) is 2.95. The zero-order chi connectivity index (χ0) is 23.7. The van der Waals surface area contributed by atoms with E-state index < -0.39 is 11.9 Å². The Kier molecular flexibility index (Phi) is 11.1. The predicted octanol–water partition coefficient (Wildman–Crippen LogP) is 6.35. The van der Waals surface area contributed by atoms with Gasteiger partial charge in [-0.3, -0.25) is 9.59 Å². The molecule has 0 unspecified atom stereocenters. The number of carbonyl (C=O) groups is 2. The summed E-state index contributed by atoms with van der Waals surface area (Å²) in [6.07, 6.45) is 1.81. The molecule has 0 radical (unpaired) electrons. The van der Waals surface area contributed by atoms with Gasteiger partial charge in [0.1, 0.15) is 11.9 Å². The molecule has 2 amide bonds. The molecular formula is C23H26Cl3FN2O2S. The van der Waals surface area contributed by atoms with E-state index in [1.807, 2.05) is 6.92 Å². The average Bonchev–Trinajstić information content (AvgIpc) is 2.74. The molecule has 32 heavy (non-hydrogen) atoms. The van der Waals surface area contributed by atoms with Gasteiger partial charge in [0.25, 0.3) is 0 Å². The lowest BCUT2D eigenvalue weighted by Gasteiger charge is -2.29. The standard InChI is InChI=1S/C23H26Cl3FN2O2S/c1-3-4-10-28-23(31)15(2)29(12-16-8-9-17(24)11-20(16)26)22(30)14-32-13-18-19(25)6-5-7-21(18)27/h5-9,11,15H,3-4,10,12-14H2,1-2H3,(H,28,31)/t15-/m0/s1. The zero-order valence-electron chi connectivity index (χ0n) is 18.0. The SMILES string of the molecule is CCCCNC(=O)[C@H](C)N(Cc1ccc(Cl)cc1Cl)C(=O)CSCc1c(F)cccc1Cl. The highest BCUT2D eigenvalue weighted by Crippen LogP contribution is 2.26. The quantitative estimate of drug-likeness (QED) is 0.352. The second kappa shape index (κ2) is 13.3. The molecule has 0 saturated heterocycles. The Morgan fingerprint density at radius 2 is 1.91 bits per heavy atom. The third kappa shape index (κ3) is 7.84. The van der Waals surface area contributed by atoms with Crippen LogP contribution in [0.2, 0.25) is 15.1 Å². The highest BCUT2D eigenvalue weighted by atomic mass is 35.5. The fourth-order valence-corrected chi connectivity index (χ4v) is 4.66. The summed E-state index contributed by atoms with van der Waals surface area (Å²) in [5, 5.41) is 4.08. The van der Waals surface area contributed by atoms with E-state index in [0.29, 0.717) is 32.7 Å². The van der Waals surface area contributed by atoms with Crippen LogP contribution in [-0.4, -0.2) is 35.1 Å². The van der Waals surface area contributed by atoms with Gasteiger partial charge in [-0.25, -0.2) is 4.39 Å². The highest BCUT2D eigenvalue weighted by Gasteiger charge is 2.26. The van der Waals surface area contributed by atoms with Gasteiger partial charge < -0.3 is 10.2 Å². The molecule has 0 aliphatic rings. The van der Waals surface area contributed by atoms with E-state index in [2.05, 4.69) is 5.32 Å². The molecule has 0 fully saturated rings. The van der Waals surface area contributed by atoms with Crippen molar-refractivity contribution in [2.24, 2.45) is 0 Å². The molecule has 2 aromatic rings. The normalized spacial score (nSPS) is 11.8. The van der Waals surface area contributed by atoms with Gasteiger partial charge >= 0.3 is 0 Å². The summed E-state index contributed by atoms with van der Waals surface area (Å²) in [6.45, 7) is 4.41. The van der Waals surface area contributed by atoms with Crippen LogP contribution in [0.1, 0.15) is 37.8 Å².